The van der Waals surface area contributed by atoms with E-state index in [2.05, 4.69) is 6.92 Å². The second kappa shape index (κ2) is 5.31. The highest BCUT2D eigenvalue weighted by atomic mass is 16.5. The summed E-state index contributed by atoms with van der Waals surface area (Å²) in [7, 11) is 0. The van der Waals surface area contributed by atoms with Crippen LogP contribution >= 0.6 is 0 Å². The average molecular weight is 224 g/mol. The predicted molar refractivity (Wildman–Crippen MR) is 64.4 cm³/mol. The lowest BCUT2D eigenvalue weighted by atomic mass is 9.79. The number of carbonyl (C=O) groups excluding carboxylic acids is 1. The van der Waals surface area contributed by atoms with Crippen LogP contribution in [-0.4, -0.2) is 19.0 Å². The molecule has 2 rings (SSSR count). The number of ketones is 1. The van der Waals surface area contributed by atoms with Gasteiger partial charge in [0, 0.05) is 19.4 Å². The van der Waals surface area contributed by atoms with Crippen molar-refractivity contribution in [2.45, 2.75) is 58.3 Å². The van der Waals surface area contributed by atoms with Crippen molar-refractivity contribution in [1.82, 2.24) is 0 Å². The molecule has 0 aromatic heterocycles. The normalized spacial score (nSPS) is 31.8. The molecule has 16 heavy (non-hydrogen) atoms. The molecule has 0 amide bonds. The maximum absolute atomic E-state index is 12.0. The van der Waals surface area contributed by atoms with E-state index in [1.54, 1.807) is 0 Å². The maximum atomic E-state index is 12.0. The van der Waals surface area contributed by atoms with Gasteiger partial charge >= 0.3 is 0 Å². The van der Waals surface area contributed by atoms with Crippen LogP contribution < -0.4 is 0 Å². The number of carbonyl (C=O) groups is 1. The van der Waals surface area contributed by atoms with Gasteiger partial charge in [-0.05, 0) is 24.2 Å². The van der Waals surface area contributed by atoms with Crippen molar-refractivity contribution in [2.75, 3.05) is 13.2 Å². The van der Waals surface area contributed by atoms with Gasteiger partial charge in [0.15, 0.2) is 0 Å². The quantitative estimate of drug-likeness (QED) is 0.732. The van der Waals surface area contributed by atoms with E-state index >= 15 is 0 Å². The molecule has 1 unspecified atom stereocenters. The third kappa shape index (κ3) is 3.31. The molecule has 0 bridgehead atoms. The summed E-state index contributed by atoms with van der Waals surface area (Å²) >= 11 is 0. The zero-order chi connectivity index (χ0) is 11.4. The van der Waals surface area contributed by atoms with Gasteiger partial charge in [-0.1, -0.05) is 32.6 Å². The number of ether oxygens (including phenoxy) is 1. The highest BCUT2D eigenvalue weighted by Gasteiger charge is 2.31. The molecule has 1 atom stereocenters. The Balaban J connectivity index is 1.76. The zero-order valence-corrected chi connectivity index (χ0v) is 10.5. The highest BCUT2D eigenvalue weighted by Crippen LogP contribution is 2.34. The van der Waals surface area contributed by atoms with Crippen molar-refractivity contribution in [3.8, 4) is 0 Å². The SMILES string of the molecule is CC1(CC(=O)CC2CCCC2)CCCOC1. The summed E-state index contributed by atoms with van der Waals surface area (Å²) in [5.41, 5.74) is 0.133. The molecule has 2 aliphatic rings. The van der Waals surface area contributed by atoms with Crippen LogP contribution in [0.5, 0.6) is 0 Å². The summed E-state index contributed by atoms with van der Waals surface area (Å²) in [4.78, 5) is 12.0. The molecule has 0 radical (unpaired) electrons. The second-order valence-electron chi connectivity index (χ2n) is 6.04. The van der Waals surface area contributed by atoms with Gasteiger partial charge in [0.2, 0.25) is 0 Å². The largest absolute Gasteiger partial charge is 0.381 e. The van der Waals surface area contributed by atoms with Gasteiger partial charge in [-0.3, -0.25) is 4.79 Å². The highest BCUT2D eigenvalue weighted by molar-refractivity contribution is 5.79. The fraction of sp³-hybridized carbons (Fsp3) is 0.929. The molecule has 1 saturated heterocycles. The van der Waals surface area contributed by atoms with Crippen molar-refractivity contribution >= 4 is 5.78 Å². The molecule has 0 aromatic rings. The third-order valence-corrected chi connectivity index (χ3v) is 4.13. The molecule has 1 saturated carbocycles. The van der Waals surface area contributed by atoms with Crippen LogP contribution in [0.4, 0.5) is 0 Å². The lowest BCUT2D eigenvalue weighted by Gasteiger charge is -2.33. The van der Waals surface area contributed by atoms with Crippen LogP contribution in [0.3, 0.4) is 0 Å². The van der Waals surface area contributed by atoms with E-state index in [4.69, 9.17) is 4.74 Å². The summed E-state index contributed by atoms with van der Waals surface area (Å²) in [6.45, 7) is 3.87. The molecular formula is C14H24O2. The average Bonchev–Trinajstić information content (AvgIpc) is 2.70. The van der Waals surface area contributed by atoms with Crippen LogP contribution in [0.2, 0.25) is 0 Å². The molecule has 1 heterocycles. The smallest absolute Gasteiger partial charge is 0.133 e. The van der Waals surface area contributed by atoms with Crippen LogP contribution in [0.15, 0.2) is 0 Å². The van der Waals surface area contributed by atoms with Crippen LogP contribution in [0, 0.1) is 11.3 Å². The summed E-state index contributed by atoms with van der Waals surface area (Å²) in [5, 5.41) is 0. The summed E-state index contributed by atoms with van der Waals surface area (Å²) in [6, 6.07) is 0. The Labute approximate surface area is 98.7 Å². The minimum atomic E-state index is 0.133. The van der Waals surface area contributed by atoms with Gasteiger partial charge in [-0.25, -0.2) is 0 Å². The molecule has 0 spiro atoms. The second-order valence-corrected chi connectivity index (χ2v) is 6.04. The fourth-order valence-electron chi connectivity index (χ4n) is 3.22. The van der Waals surface area contributed by atoms with Crippen molar-refractivity contribution in [3.05, 3.63) is 0 Å². The number of hydrogen-bond donors (Lipinski definition) is 0. The van der Waals surface area contributed by atoms with Crippen LogP contribution in [0.1, 0.15) is 58.3 Å². The summed E-state index contributed by atoms with van der Waals surface area (Å²) in [6.07, 6.45) is 9.06. The number of rotatable bonds is 4. The third-order valence-electron chi connectivity index (χ3n) is 4.13. The molecule has 1 aliphatic heterocycles. The lowest BCUT2D eigenvalue weighted by Crippen LogP contribution is -2.31. The zero-order valence-electron chi connectivity index (χ0n) is 10.5. The predicted octanol–water partition coefficient (Wildman–Crippen LogP) is 3.34. The molecule has 0 N–H and O–H groups in total. The Kier molecular flexibility index (Phi) is 4.01. The topological polar surface area (TPSA) is 26.3 Å². The Hall–Kier alpha value is -0.370. The molecule has 2 nitrogen and oxygen atoms in total. The Morgan fingerprint density at radius 2 is 2.06 bits per heavy atom. The Bertz CT molecular complexity index is 235. The van der Waals surface area contributed by atoms with E-state index < -0.39 is 0 Å². The van der Waals surface area contributed by atoms with E-state index in [9.17, 15) is 4.79 Å². The molecule has 2 heteroatoms. The van der Waals surface area contributed by atoms with Crippen LogP contribution in [0.25, 0.3) is 0 Å². The Morgan fingerprint density at radius 3 is 2.69 bits per heavy atom. The molecule has 1 aliphatic carbocycles. The van der Waals surface area contributed by atoms with Gasteiger partial charge in [-0.2, -0.15) is 0 Å². The van der Waals surface area contributed by atoms with E-state index in [1.165, 1.54) is 25.7 Å². The minimum absolute atomic E-state index is 0.133. The van der Waals surface area contributed by atoms with Crippen LogP contribution in [-0.2, 0) is 9.53 Å². The number of Topliss-reactive ketones (excluding diaryl/α,β-unsaturated/α-hetero) is 1. The molecule has 2 fully saturated rings. The van der Waals surface area contributed by atoms with Crippen molar-refractivity contribution in [1.29, 1.82) is 0 Å². The number of hydrogen-bond acceptors (Lipinski definition) is 2. The first kappa shape index (κ1) is 12.1. The van der Waals surface area contributed by atoms with Crippen molar-refractivity contribution in [3.63, 3.8) is 0 Å². The van der Waals surface area contributed by atoms with Gasteiger partial charge in [0.1, 0.15) is 5.78 Å². The van der Waals surface area contributed by atoms with Gasteiger partial charge in [-0.15, -0.1) is 0 Å². The van der Waals surface area contributed by atoms with Gasteiger partial charge < -0.3 is 4.74 Å². The summed E-state index contributed by atoms with van der Waals surface area (Å²) in [5.74, 6) is 1.17. The maximum Gasteiger partial charge on any atom is 0.133 e. The van der Waals surface area contributed by atoms with E-state index in [1.807, 2.05) is 0 Å². The molecular weight excluding hydrogens is 200 g/mol. The lowest BCUT2D eigenvalue weighted by molar-refractivity contribution is -0.124. The fourth-order valence-corrected chi connectivity index (χ4v) is 3.22. The van der Waals surface area contributed by atoms with Crippen molar-refractivity contribution in [2.24, 2.45) is 11.3 Å². The summed E-state index contributed by atoms with van der Waals surface area (Å²) < 4.78 is 5.50. The van der Waals surface area contributed by atoms with E-state index in [0.717, 1.165) is 38.9 Å². The van der Waals surface area contributed by atoms with Gasteiger partial charge in [0.25, 0.3) is 0 Å². The standard InChI is InChI=1S/C14H24O2/c1-14(7-4-8-16-11-14)10-13(15)9-12-5-2-3-6-12/h12H,2-11H2,1H3. The minimum Gasteiger partial charge on any atom is -0.381 e. The first-order valence-corrected chi connectivity index (χ1v) is 6.77. The van der Waals surface area contributed by atoms with Gasteiger partial charge in [0.05, 0.1) is 6.61 Å². The molecule has 92 valence electrons. The van der Waals surface area contributed by atoms with Crippen molar-refractivity contribution < 1.29 is 9.53 Å². The first-order valence-electron chi connectivity index (χ1n) is 6.77. The Morgan fingerprint density at radius 1 is 1.31 bits per heavy atom. The molecule has 0 aromatic carbocycles. The van der Waals surface area contributed by atoms with E-state index in [0.29, 0.717) is 11.7 Å². The first-order chi connectivity index (χ1) is 7.68. The monoisotopic (exact) mass is 224 g/mol. The van der Waals surface area contributed by atoms with E-state index in [-0.39, 0.29) is 5.41 Å².